The van der Waals surface area contributed by atoms with Crippen LogP contribution >= 0.6 is 11.6 Å². The smallest absolute Gasteiger partial charge is 0.255 e. The minimum atomic E-state index is -3.64. The molecule has 0 bridgehead atoms. The number of anilines is 1. The minimum Gasteiger partial charge on any atom is -0.377 e. The Kier molecular flexibility index (Phi) is 6.16. The van der Waals surface area contributed by atoms with Crippen LogP contribution in [0.25, 0.3) is 0 Å². The normalized spacial score (nSPS) is 17.0. The Bertz CT molecular complexity index is 923. The summed E-state index contributed by atoms with van der Waals surface area (Å²) in [6, 6.07) is 11.1. The van der Waals surface area contributed by atoms with Gasteiger partial charge in [0.2, 0.25) is 10.0 Å². The van der Waals surface area contributed by atoms with E-state index >= 15 is 0 Å². The van der Waals surface area contributed by atoms with Gasteiger partial charge in [-0.2, -0.15) is 0 Å². The summed E-state index contributed by atoms with van der Waals surface area (Å²) >= 11 is 6.12. The number of amides is 1. The van der Waals surface area contributed by atoms with Gasteiger partial charge in [0.1, 0.15) is 0 Å². The second-order valence-corrected chi connectivity index (χ2v) is 8.62. The van der Waals surface area contributed by atoms with Crippen LogP contribution in [0.5, 0.6) is 0 Å². The summed E-state index contributed by atoms with van der Waals surface area (Å²) in [5.74, 6) is -0.364. The second-order valence-electron chi connectivity index (χ2n) is 6.45. The second kappa shape index (κ2) is 8.39. The molecule has 2 aromatic carbocycles. The molecule has 1 aliphatic rings. The van der Waals surface area contributed by atoms with Gasteiger partial charge in [-0.05, 0) is 61.7 Å². The van der Waals surface area contributed by atoms with Crippen LogP contribution in [0.3, 0.4) is 0 Å². The molecule has 0 spiro atoms. The molecule has 144 valence electrons. The predicted octanol–water partition coefficient (Wildman–Crippen LogP) is 3.36. The predicted molar refractivity (Wildman–Crippen MR) is 105 cm³/mol. The molecule has 2 aromatic rings. The van der Waals surface area contributed by atoms with E-state index in [0.29, 0.717) is 22.9 Å². The highest BCUT2D eigenvalue weighted by Crippen LogP contribution is 2.23. The van der Waals surface area contributed by atoms with E-state index in [-0.39, 0.29) is 23.5 Å². The molecule has 2 N–H and O–H groups in total. The topological polar surface area (TPSA) is 84.5 Å². The summed E-state index contributed by atoms with van der Waals surface area (Å²) in [4.78, 5) is 12.5. The van der Waals surface area contributed by atoms with Gasteiger partial charge in [-0.3, -0.25) is 4.79 Å². The molecule has 0 unspecified atom stereocenters. The number of hydrogen-bond donors (Lipinski definition) is 2. The maximum atomic E-state index is 12.4. The minimum absolute atomic E-state index is 0.0796. The fourth-order valence-corrected chi connectivity index (χ4v) is 4.14. The lowest BCUT2D eigenvalue weighted by Gasteiger charge is -2.12. The van der Waals surface area contributed by atoms with Crippen molar-refractivity contribution in [1.82, 2.24) is 4.72 Å². The summed E-state index contributed by atoms with van der Waals surface area (Å²) in [5, 5.41) is 3.17. The zero-order valence-electron chi connectivity index (χ0n) is 14.9. The summed E-state index contributed by atoms with van der Waals surface area (Å²) in [7, 11) is -3.64. The van der Waals surface area contributed by atoms with Crippen molar-refractivity contribution in [3.8, 4) is 0 Å². The van der Waals surface area contributed by atoms with Crippen LogP contribution in [0.15, 0.2) is 47.4 Å². The molecule has 6 nitrogen and oxygen atoms in total. The van der Waals surface area contributed by atoms with Crippen LogP contribution in [-0.4, -0.2) is 33.6 Å². The highest BCUT2D eigenvalue weighted by atomic mass is 35.5. The number of benzene rings is 2. The molecule has 1 aliphatic heterocycles. The lowest BCUT2D eigenvalue weighted by Crippen LogP contribution is -2.31. The van der Waals surface area contributed by atoms with E-state index in [0.717, 1.165) is 18.4 Å². The fraction of sp³-hybridized carbons (Fsp3) is 0.316. The number of sulfonamides is 1. The van der Waals surface area contributed by atoms with Gasteiger partial charge in [0.15, 0.2) is 0 Å². The van der Waals surface area contributed by atoms with Crippen molar-refractivity contribution >= 4 is 33.2 Å². The highest BCUT2D eigenvalue weighted by molar-refractivity contribution is 7.89. The molecule has 1 heterocycles. The zero-order chi connectivity index (χ0) is 19.4. The number of carbonyl (C=O) groups is 1. The van der Waals surface area contributed by atoms with Crippen molar-refractivity contribution in [2.75, 3.05) is 18.5 Å². The maximum absolute atomic E-state index is 12.4. The van der Waals surface area contributed by atoms with Gasteiger partial charge >= 0.3 is 0 Å². The molecule has 0 saturated carbocycles. The quantitative estimate of drug-likeness (QED) is 0.767. The van der Waals surface area contributed by atoms with Gasteiger partial charge in [0.05, 0.1) is 21.7 Å². The van der Waals surface area contributed by atoms with Crippen molar-refractivity contribution in [2.24, 2.45) is 0 Å². The summed E-state index contributed by atoms with van der Waals surface area (Å²) in [6.45, 7) is 2.82. The van der Waals surface area contributed by atoms with Crippen molar-refractivity contribution in [2.45, 2.75) is 30.8 Å². The molecular formula is C19H21ClN2O4S. The van der Waals surface area contributed by atoms with Gasteiger partial charge in [-0.15, -0.1) is 0 Å². The Hall–Kier alpha value is -1.93. The maximum Gasteiger partial charge on any atom is 0.255 e. The third-order valence-electron chi connectivity index (χ3n) is 4.32. The average molecular weight is 409 g/mol. The van der Waals surface area contributed by atoms with Gasteiger partial charge in [-0.25, -0.2) is 13.1 Å². The first-order valence-corrected chi connectivity index (χ1v) is 10.5. The Labute approximate surface area is 163 Å². The van der Waals surface area contributed by atoms with Crippen LogP contribution in [0, 0.1) is 6.92 Å². The van der Waals surface area contributed by atoms with Crippen LogP contribution < -0.4 is 10.0 Å². The van der Waals surface area contributed by atoms with Gasteiger partial charge in [0, 0.05) is 18.7 Å². The van der Waals surface area contributed by atoms with E-state index in [1.165, 1.54) is 24.3 Å². The first-order chi connectivity index (χ1) is 12.8. The Morgan fingerprint density at radius 1 is 1.22 bits per heavy atom. The van der Waals surface area contributed by atoms with E-state index in [1.54, 1.807) is 12.1 Å². The summed E-state index contributed by atoms with van der Waals surface area (Å²) < 4.78 is 32.7. The van der Waals surface area contributed by atoms with E-state index in [2.05, 4.69) is 10.0 Å². The SMILES string of the molecule is Cc1ccc(NC(=O)c2ccc(S(=O)(=O)NC[C@@H]3CCCO3)cc2)c(Cl)c1. The molecular weight excluding hydrogens is 388 g/mol. The van der Waals surface area contributed by atoms with Gasteiger partial charge in [-0.1, -0.05) is 17.7 Å². The standard InChI is InChI=1S/C19H21ClN2O4S/c1-13-4-9-18(17(20)11-13)22-19(23)14-5-7-16(8-6-14)27(24,25)21-12-15-3-2-10-26-15/h4-9,11,15,21H,2-3,10,12H2,1H3,(H,22,23)/t15-/m0/s1. The first kappa shape index (κ1) is 19.8. The molecule has 0 radical (unpaired) electrons. The number of aryl methyl sites for hydroxylation is 1. The molecule has 1 saturated heterocycles. The van der Waals surface area contributed by atoms with Crippen LogP contribution in [-0.2, 0) is 14.8 Å². The third-order valence-corrected chi connectivity index (χ3v) is 6.08. The van der Waals surface area contributed by atoms with Crippen molar-refractivity contribution < 1.29 is 17.9 Å². The Balaban J connectivity index is 1.65. The van der Waals surface area contributed by atoms with Crippen LogP contribution in [0.1, 0.15) is 28.8 Å². The van der Waals surface area contributed by atoms with E-state index in [4.69, 9.17) is 16.3 Å². The Morgan fingerprint density at radius 2 is 1.96 bits per heavy atom. The molecule has 1 amide bonds. The van der Waals surface area contributed by atoms with E-state index < -0.39 is 10.0 Å². The lowest BCUT2D eigenvalue weighted by atomic mass is 10.2. The number of ether oxygens (including phenoxy) is 1. The lowest BCUT2D eigenvalue weighted by molar-refractivity contribution is 0.102. The summed E-state index contributed by atoms with van der Waals surface area (Å²) in [5.41, 5.74) is 1.83. The van der Waals surface area contributed by atoms with Crippen molar-refractivity contribution in [3.63, 3.8) is 0 Å². The third kappa shape index (κ3) is 5.07. The zero-order valence-corrected chi connectivity index (χ0v) is 16.4. The average Bonchev–Trinajstić information content (AvgIpc) is 3.16. The number of halogens is 1. The van der Waals surface area contributed by atoms with Crippen LogP contribution in [0.2, 0.25) is 5.02 Å². The molecule has 0 aromatic heterocycles. The molecule has 27 heavy (non-hydrogen) atoms. The monoisotopic (exact) mass is 408 g/mol. The molecule has 3 rings (SSSR count). The highest BCUT2D eigenvalue weighted by Gasteiger charge is 2.20. The summed E-state index contributed by atoms with van der Waals surface area (Å²) in [6.07, 6.45) is 1.72. The Morgan fingerprint density at radius 3 is 2.59 bits per heavy atom. The molecule has 0 aliphatic carbocycles. The van der Waals surface area contributed by atoms with Crippen molar-refractivity contribution in [1.29, 1.82) is 0 Å². The van der Waals surface area contributed by atoms with Crippen molar-refractivity contribution in [3.05, 3.63) is 58.6 Å². The molecule has 8 heteroatoms. The largest absolute Gasteiger partial charge is 0.377 e. The van der Waals surface area contributed by atoms with Crippen LogP contribution in [0.4, 0.5) is 5.69 Å². The molecule has 1 atom stereocenters. The van der Waals surface area contributed by atoms with E-state index in [9.17, 15) is 13.2 Å². The number of nitrogens with one attached hydrogen (secondary N) is 2. The molecule has 1 fully saturated rings. The van der Waals surface area contributed by atoms with Gasteiger partial charge < -0.3 is 10.1 Å². The number of rotatable bonds is 6. The number of carbonyl (C=O) groups excluding carboxylic acids is 1. The fourth-order valence-electron chi connectivity index (χ4n) is 2.79. The van der Waals surface area contributed by atoms with Gasteiger partial charge in [0.25, 0.3) is 5.91 Å². The first-order valence-electron chi connectivity index (χ1n) is 8.64. The van der Waals surface area contributed by atoms with E-state index in [1.807, 2.05) is 13.0 Å². The number of hydrogen-bond acceptors (Lipinski definition) is 4.